The average molecular weight is 451 g/mol. The Hall–Kier alpha value is -3.77. The lowest BCUT2D eigenvalue weighted by atomic mass is 10.1. The number of imidazole rings is 1. The highest BCUT2D eigenvalue weighted by Crippen LogP contribution is 2.30. The second-order valence-electron chi connectivity index (χ2n) is 7.98. The minimum Gasteiger partial charge on any atom is -0.494 e. The van der Waals surface area contributed by atoms with Gasteiger partial charge in [0, 0.05) is 30.8 Å². The number of aromatic nitrogens is 2. The van der Waals surface area contributed by atoms with Crippen molar-refractivity contribution in [2.75, 3.05) is 20.2 Å². The van der Waals surface area contributed by atoms with Crippen LogP contribution in [0, 0.1) is 29.9 Å². The topological polar surface area (TPSA) is 97.2 Å². The first kappa shape index (κ1) is 22.4. The quantitative estimate of drug-likeness (QED) is 0.654. The third kappa shape index (κ3) is 4.17. The van der Waals surface area contributed by atoms with E-state index in [0.717, 1.165) is 12.8 Å². The summed E-state index contributed by atoms with van der Waals surface area (Å²) in [6.07, 6.45) is 1.64. The fourth-order valence-corrected chi connectivity index (χ4v) is 4.10. The Balaban J connectivity index is 1.88. The Bertz CT molecular complexity index is 1260. The molecule has 2 aromatic carbocycles. The normalized spacial score (nSPS) is 15.9. The summed E-state index contributed by atoms with van der Waals surface area (Å²) in [5, 5.41) is 9.05. The number of rotatable bonds is 4. The van der Waals surface area contributed by atoms with E-state index in [0.29, 0.717) is 30.0 Å². The molecule has 1 atom stereocenters. The van der Waals surface area contributed by atoms with Crippen molar-refractivity contribution in [1.82, 2.24) is 14.5 Å². The van der Waals surface area contributed by atoms with Crippen LogP contribution in [0.15, 0.2) is 36.4 Å². The van der Waals surface area contributed by atoms with Crippen LogP contribution in [0.4, 0.5) is 8.78 Å². The number of hydrogen-bond acceptors (Lipinski definition) is 5. The molecule has 0 saturated carbocycles. The molecule has 4 rings (SSSR count). The van der Waals surface area contributed by atoms with Crippen molar-refractivity contribution in [2.24, 2.45) is 5.73 Å². The summed E-state index contributed by atoms with van der Waals surface area (Å²) in [4.78, 5) is 19.5. The molecule has 33 heavy (non-hydrogen) atoms. The van der Waals surface area contributed by atoms with Crippen LogP contribution in [0.3, 0.4) is 0 Å². The molecule has 3 aromatic rings. The number of halogens is 2. The van der Waals surface area contributed by atoms with Gasteiger partial charge in [-0.05, 0) is 50.1 Å². The van der Waals surface area contributed by atoms with Crippen LogP contribution in [-0.2, 0) is 0 Å². The number of piperidine rings is 1. The maximum absolute atomic E-state index is 14.5. The second kappa shape index (κ2) is 9.00. The minimum absolute atomic E-state index is 0.0705. The first-order valence-corrected chi connectivity index (χ1v) is 10.5. The molecule has 1 aromatic heterocycles. The molecule has 9 heteroatoms. The van der Waals surface area contributed by atoms with Gasteiger partial charge in [0.05, 0.1) is 24.1 Å². The van der Waals surface area contributed by atoms with Crippen molar-refractivity contribution in [3.05, 3.63) is 65.0 Å². The first-order valence-electron chi connectivity index (χ1n) is 10.5. The lowest BCUT2D eigenvalue weighted by Gasteiger charge is -2.30. The predicted octanol–water partition coefficient (Wildman–Crippen LogP) is 3.57. The van der Waals surface area contributed by atoms with E-state index in [9.17, 15) is 13.6 Å². The molecule has 1 fully saturated rings. The SMILES string of the molecule is COc1ccc(-n2c(-c3ccc(C#N)c(F)c3)nc(C(=O)N3CCC[C@H](N)C3)c2C)cc1F. The third-order valence-electron chi connectivity index (χ3n) is 5.80. The van der Waals surface area contributed by atoms with E-state index in [2.05, 4.69) is 4.98 Å². The summed E-state index contributed by atoms with van der Waals surface area (Å²) >= 11 is 0. The van der Waals surface area contributed by atoms with E-state index in [-0.39, 0.29) is 34.8 Å². The van der Waals surface area contributed by atoms with Gasteiger partial charge in [0.2, 0.25) is 0 Å². The van der Waals surface area contributed by atoms with Gasteiger partial charge in [-0.2, -0.15) is 5.26 Å². The van der Waals surface area contributed by atoms with Gasteiger partial charge < -0.3 is 15.4 Å². The van der Waals surface area contributed by atoms with E-state index in [4.69, 9.17) is 15.7 Å². The first-order chi connectivity index (χ1) is 15.8. The largest absolute Gasteiger partial charge is 0.494 e. The van der Waals surface area contributed by atoms with Gasteiger partial charge in [0.1, 0.15) is 23.4 Å². The van der Waals surface area contributed by atoms with Gasteiger partial charge in [-0.3, -0.25) is 9.36 Å². The number of nitrogens with zero attached hydrogens (tertiary/aromatic N) is 4. The number of nitriles is 1. The number of methoxy groups -OCH3 is 1. The lowest BCUT2D eigenvalue weighted by Crippen LogP contribution is -2.46. The zero-order valence-electron chi connectivity index (χ0n) is 18.3. The van der Waals surface area contributed by atoms with Gasteiger partial charge in [-0.25, -0.2) is 13.8 Å². The zero-order chi connectivity index (χ0) is 23.7. The van der Waals surface area contributed by atoms with Crippen LogP contribution >= 0.6 is 0 Å². The van der Waals surface area contributed by atoms with Crippen LogP contribution < -0.4 is 10.5 Å². The van der Waals surface area contributed by atoms with E-state index >= 15 is 0 Å². The summed E-state index contributed by atoms with van der Waals surface area (Å²) in [6.45, 7) is 2.69. The number of nitrogens with two attached hydrogens (primary N) is 1. The summed E-state index contributed by atoms with van der Waals surface area (Å²) < 4.78 is 35.5. The fraction of sp³-hybridized carbons (Fsp3) is 0.292. The van der Waals surface area contributed by atoms with Gasteiger partial charge in [0.15, 0.2) is 11.6 Å². The van der Waals surface area contributed by atoms with E-state index in [1.54, 1.807) is 34.6 Å². The summed E-state index contributed by atoms with van der Waals surface area (Å²) in [5.41, 5.74) is 7.33. The van der Waals surface area contributed by atoms with Crippen molar-refractivity contribution in [1.29, 1.82) is 5.26 Å². The number of benzene rings is 2. The van der Waals surface area contributed by atoms with Gasteiger partial charge >= 0.3 is 0 Å². The van der Waals surface area contributed by atoms with Crippen LogP contribution in [0.2, 0.25) is 0 Å². The van der Waals surface area contributed by atoms with Crippen molar-refractivity contribution in [2.45, 2.75) is 25.8 Å². The van der Waals surface area contributed by atoms with Gasteiger partial charge in [0.25, 0.3) is 5.91 Å². The number of carbonyl (C=O) groups is 1. The third-order valence-corrected chi connectivity index (χ3v) is 5.80. The zero-order valence-corrected chi connectivity index (χ0v) is 18.3. The number of likely N-dealkylation sites (tertiary alicyclic amines) is 1. The molecule has 0 radical (unpaired) electrons. The van der Waals surface area contributed by atoms with Crippen LogP contribution in [0.1, 0.15) is 34.6 Å². The molecule has 2 N–H and O–H groups in total. The maximum Gasteiger partial charge on any atom is 0.274 e. The molecule has 1 aliphatic heterocycles. The molecule has 0 spiro atoms. The molecule has 170 valence electrons. The molecule has 0 aliphatic carbocycles. The van der Waals surface area contributed by atoms with Crippen molar-refractivity contribution in [3.63, 3.8) is 0 Å². The number of hydrogen-bond donors (Lipinski definition) is 1. The van der Waals surface area contributed by atoms with E-state index in [1.165, 1.54) is 31.4 Å². The molecular formula is C24H23F2N5O2. The Kier molecular flexibility index (Phi) is 6.11. The predicted molar refractivity (Wildman–Crippen MR) is 118 cm³/mol. The molecule has 1 amide bonds. The molecule has 1 aliphatic rings. The number of ether oxygens (including phenoxy) is 1. The molecule has 1 saturated heterocycles. The molecule has 7 nitrogen and oxygen atoms in total. The summed E-state index contributed by atoms with van der Waals surface area (Å²) in [5.74, 6) is -1.26. The van der Waals surface area contributed by atoms with Crippen molar-refractivity contribution < 1.29 is 18.3 Å². The van der Waals surface area contributed by atoms with E-state index in [1.807, 2.05) is 0 Å². The molecular weight excluding hydrogens is 428 g/mol. The van der Waals surface area contributed by atoms with Crippen LogP contribution in [0.5, 0.6) is 5.75 Å². The Morgan fingerprint density at radius 3 is 2.67 bits per heavy atom. The number of amides is 1. The summed E-state index contributed by atoms with van der Waals surface area (Å²) in [6, 6.07) is 10.1. The number of carbonyl (C=O) groups excluding carboxylic acids is 1. The molecule has 0 bridgehead atoms. The van der Waals surface area contributed by atoms with Crippen LogP contribution in [0.25, 0.3) is 17.1 Å². The Morgan fingerprint density at radius 2 is 2.03 bits per heavy atom. The molecule has 0 unspecified atom stereocenters. The van der Waals surface area contributed by atoms with E-state index < -0.39 is 11.6 Å². The van der Waals surface area contributed by atoms with Gasteiger partial charge in [-0.1, -0.05) is 0 Å². The Labute approximate surface area is 190 Å². The van der Waals surface area contributed by atoms with Crippen molar-refractivity contribution >= 4 is 5.91 Å². The monoisotopic (exact) mass is 451 g/mol. The second-order valence-corrected chi connectivity index (χ2v) is 7.98. The fourth-order valence-electron chi connectivity index (χ4n) is 4.10. The highest BCUT2D eigenvalue weighted by Gasteiger charge is 2.28. The minimum atomic E-state index is -0.710. The Morgan fingerprint density at radius 1 is 1.24 bits per heavy atom. The standard InChI is InChI=1S/C24H23F2N5O2/c1-14-22(24(32)30-9-3-4-17(28)13-30)29-23(15-5-6-16(12-27)19(25)10-15)31(14)18-7-8-21(33-2)20(26)11-18/h5-8,10-11,17H,3-4,9,13,28H2,1-2H3/t17-/m0/s1. The van der Waals surface area contributed by atoms with Gasteiger partial charge in [-0.15, -0.1) is 0 Å². The van der Waals surface area contributed by atoms with Crippen LogP contribution in [-0.4, -0.2) is 46.6 Å². The summed E-state index contributed by atoms with van der Waals surface area (Å²) in [7, 11) is 1.37. The smallest absolute Gasteiger partial charge is 0.274 e. The highest BCUT2D eigenvalue weighted by molar-refractivity contribution is 5.94. The van der Waals surface area contributed by atoms with Crippen molar-refractivity contribution in [3.8, 4) is 28.9 Å². The maximum atomic E-state index is 14.5. The molecule has 2 heterocycles. The average Bonchev–Trinajstić information content (AvgIpc) is 3.15. The highest BCUT2D eigenvalue weighted by atomic mass is 19.1. The lowest BCUT2D eigenvalue weighted by molar-refractivity contribution is 0.0702.